The molecule has 1 aromatic rings. The van der Waals surface area contributed by atoms with E-state index in [-0.39, 0.29) is 19.0 Å². The summed E-state index contributed by atoms with van der Waals surface area (Å²) in [6, 6.07) is 9.51. The van der Waals surface area contributed by atoms with Crippen LogP contribution < -0.4 is 5.73 Å². The maximum atomic E-state index is 12.5. The highest BCUT2D eigenvalue weighted by atomic mass is 16.5. The van der Waals surface area contributed by atoms with Crippen LogP contribution in [0, 0.1) is 5.41 Å². The Hall–Kier alpha value is -1.88. The lowest BCUT2D eigenvalue weighted by molar-refractivity contribution is -0.151. The van der Waals surface area contributed by atoms with E-state index in [1.54, 1.807) is 13.8 Å². The van der Waals surface area contributed by atoms with Crippen molar-refractivity contribution in [2.45, 2.75) is 20.4 Å². The minimum Gasteiger partial charge on any atom is -0.468 e. The SMILES string of the molecule is COC(=O)CN(Cc1ccccc1)C(=O)C(C)(C)CN. The van der Waals surface area contributed by atoms with Crippen LogP contribution in [-0.2, 0) is 20.9 Å². The zero-order valence-corrected chi connectivity index (χ0v) is 12.3. The molecule has 0 spiro atoms. The Labute approximate surface area is 119 Å². The standard InChI is InChI=1S/C15H22N2O3/c1-15(2,11-16)14(19)17(10-13(18)20-3)9-12-7-5-4-6-8-12/h4-8H,9-11,16H2,1-3H3. The zero-order valence-electron chi connectivity index (χ0n) is 12.3. The van der Waals surface area contributed by atoms with Crippen LogP contribution in [-0.4, -0.2) is 37.0 Å². The number of hydrogen-bond donors (Lipinski definition) is 1. The molecule has 5 heteroatoms. The molecule has 0 saturated carbocycles. The Bertz CT molecular complexity index is 457. The van der Waals surface area contributed by atoms with E-state index in [0.717, 1.165) is 5.56 Å². The Morgan fingerprint density at radius 2 is 1.85 bits per heavy atom. The van der Waals surface area contributed by atoms with Gasteiger partial charge in [-0.3, -0.25) is 9.59 Å². The van der Waals surface area contributed by atoms with Crippen molar-refractivity contribution in [1.29, 1.82) is 0 Å². The number of hydrogen-bond acceptors (Lipinski definition) is 4. The van der Waals surface area contributed by atoms with E-state index in [0.29, 0.717) is 6.54 Å². The van der Waals surface area contributed by atoms with E-state index < -0.39 is 11.4 Å². The Morgan fingerprint density at radius 3 is 2.35 bits per heavy atom. The highest BCUT2D eigenvalue weighted by Crippen LogP contribution is 2.19. The third-order valence-corrected chi connectivity index (χ3v) is 3.14. The molecule has 0 saturated heterocycles. The van der Waals surface area contributed by atoms with Crippen LogP contribution in [0.5, 0.6) is 0 Å². The number of benzene rings is 1. The van der Waals surface area contributed by atoms with Crippen LogP contribution in [0.1, 0.15) is 19.4 Å². The Balaban J connectivity index is 2.91. The van der Waals surface area contributed by atoms with Gasteiger partial charge in [-0.25, -0.2) is 0 Å². The number of rotatable bonds is 6. The number of carbonyl (C=O) groups is 2. The van der Waals surface area contributed by atoms with E-state index in [2.05, 4.69) is 4.74 Å². The van der Waals surface area contributed by atoms with Crippen molar-refractivity contribution in [1.82, 2.24) is 4.90 Å². The van der Waals surface area contributed by atoms with Crippen LogP contribution in [0.2, 0.25) is 0 Å². The molecule has 0 bridgehead atoms. The van der Waals surface area contributed by atoms with Gasteiger partial charge in [0.15, 0.2) is 0 Å². The van der Waals surface area contributed by atoms with Gasteiger partial charge in [-0.2, -0.15) is 0 Å². The number of nitrogens with zero attached hydrogens (tertiary/aromatic N) is 1. The van der Waals surface area contributed by atoms with Crippen molar-refractivity contribution in [3.05, 3.63) is 35.9 Å². The molecule has 1 amide bonds. The molecule has 1 rings (SSSR count). The molecule has 0 aliphatic carbocycles. The summed E-state index contributed by atoms with van der Waals surface area (Å²) in [6.45, 7) is 4.04. The molecule has 0 atom stereocenters. The molecular formula is C15H22N2O3. The minimum atomic E-state index is -0.706. The molecule has 0 fully saturated rings. The van der Waals surface area contributed by atoms with Crippen molar-refractivity contribution in [3.63, 3.8) is 0 Å². The summed E-state index contributed by atoms with van der Waals surface area (Å²) in [5, 5.41) is 0. The van der Waals surface area contributed by atoms with Gasteiger partial charge in [-0.1, -0.05) is 30.3 Å². The minimum absolute atomic E-state index is 0.0757. The van der Waals surface area contributed by atoms with Crippen molar-refractivity contribution < 1.29 is 14.3 Å². The summed E-state index contributed by atoms with van der Waals surface area (Å²) in [6.07, 6.45) is 0. The van der Waals surface area contributed by atoms with Gasteiger partial charge in [0.25, 0.3) is 0 Å². The van der Waals surface area contributed by atoms with Gasteiger partial charge in [-0.05, 0) is 19.4 Å². The quantitative estimate of drug-likeness (QED) is 0.793. The average Bonchev–Trinajstić information content (AvgIpc) is 2.46. The summed E-state index contributed by atoms with van der Waals surface area (Å²) < 4.78 is 4.65. The summed E-state index contributed by atoms with van der Waals surface area (Å²) in [5.74, 6) is -0.601. The van der Waals surface area contributed by atoms with Gasteiger partial charge in [0.05, 0.1) is 12.5 Å². The van der Waals surface area contributed by atoms with Crippen molar-refractivity contribution >= 4 is 11.9 Å². The second kappa shape index (κ2) is 7.05. The molecule has 0 unspecified atom stereocenters. The molecule has 0 radical (unpaired) electrons. The number of methoxy groups -OCH3 is 1. The third kappa shape index (κ3) is 4.35. The van der Waals surface area contributed by atoms with Gasteiger partial charge in [-0.15, -0.1) is 0 Å². The van der Waals surface area contributed by atoms with Crippen LogP contribution in [0.15, 0.2) is 30.3 Å². The molecule has 0 aliphatic heterocycles. The van der Waals surface area contributed by atoms with E-state index in [4.69, 9.17) is 5.73 Å². The summed E-state index contributed by atoms with van der Waals surface area (Å²) in [4.78, 5) is 25.5. The summed E-state index contributed by atoms with van der Waals surface area (Å²) in [7, 11) is 1.31. The second-order valence-corrected chi connectivity index (χ2v) is 5.31. The molecule has 1 aromatic carbocycles. The van der Waals surface area contributed by atoms with Crippen molar-refractivity contribution in [2.24, 2.45) is 11.1 Å². The Kier molecular flexibility index (Phi) is 5.70. The second-order valence-electron chi connectivity index (χ2n) is 5.31. The predicted molar refractivity (Wildman–Crippen MR) is 76.7 cm³/mol. The molecule has 2 N–H and O–H groups in total. The largest absolute Gasteiger partial charge is 0.468 e. The lowest BCUT2D eigenvalue weighted by Crippen LogP contribution is -2.46. The third-order valence-electron chi connectivity index (χ3n) is 3.14. The van der Waals surface area contributed by atoms with Crippen LogP contribution in [0.3, 0.4) is 0 Å². The molecule has 0 aromatic heterocycles. The number of amides is 1. The molecule has 110 valence electrons. The summed E-state index contributed by atoms with van der Waals surface area (Å²) in [5.41, 5.74) is 5.89. The first kappa shape index (κ1) is 16.2. The normalized spacial score (nSPS) is 11.0. The maximum Gasteiger partial charge on any atom is 0.325 e. The molecular weight excluding hydrogens is 256 g/mol. The highest BCUT2D eigenvalue weighted by Gasteiger charge is 2.31. The molecule has 0 heterocycles. The fourth-order valence-electron chi connectivity index (χ4n) is 1.74. The van der Waals surface area contributed by atoms with Gasteiger partial charge in [0.2, 0.25) is 5.91 Å². The van der Waals surface area contributed by atoms with Crippen molar-refractivity contribution in [2.75, 3.05) is 20.2 Å². The fraction of sp³-hybridized carbons (Fsp3) is 0.467. The van der Waals surface area contributed by atoms with Gasteiger partial charge in [0.1, 0.15) is 6.54 Å². The predicted octanol–water partition coefficient (Wildman–Crippen LogP) is 1.17. The smallest absolute Gasteiger partial charge is 0.325 e. The topological polar surface area (TPSA) is 72.6 Å². The van der Waals surface area contributed by atoms with Crippen LogP contribution in [0.4, 0.5) is 0 Å². The van der Waals surface area contributed by atoms with E-state index in [1.807, 2.05) is 30.3 Å². The molecule has 5 nitrogen and oxygen atoms in total. The van der Waals surface area contributed by atoms with Crippen molar-refractivity contribution in [3.8, 4) is 0 Å². The number of ether oxygens (including phenoxy) is 1. The Morgan fingerprint density at radius 1 is 1.25 bits per heavy atom. The number of esters is 1. The molecule has 0 aliphatic rings. The lowest BCUT2D eigenvalue weighted by Gasteiger charge is -2.30. The first-order valence-electron chi connectivity index (χ1n) is 6.51. The fourth-order valence-corrected chi connectivity index (χ4v) is 1.74. The highest BCUT2D eigenvalue weighted by molar-refractivity contribution is 5.86. The first-order chi connectivity index (χ1) is 9.40. The number of nitrogens with two attached hydrogens (primary N) is 1. The van der Waals surface area contributed by atoms with Gasteiger partial charge < -0.3 is 15.4 Å². The van der Waals surface area contributed by atoms with Gasteiger partial charge in [0, 0.05) is 13.1 Å². The molecule has 20 heavy (non-hydrogen) atoms. The first-order valence-corrected chi connectivity index (χ1v) is 6.51. The maximum absolute atomic E-state index is 12.5. The summed E-state index contributed by atoms with van der Waals surface area (Å²) >= 11 is 0. The monoisotopic (exact) mass is 278 g/mol. The van der Waals surface area contributed by atoms with E-state index >= 15 is 0 Å². The average molecular weight is 278 g/mol. The van der Waals surface area contributed by atoms with E-state index in [9.17, 15) is 9.59 Å². The van der Waals surface area contributed by atoms with Crippen LogP contribution >= 0.6 is 0 Å². The number of carbonyl (C=O) groups excluding carboxylic acids is 2. The van der Waals surface area contributed by atoms with Crippen LogP contribution in [0.25, 0.3) is 0 Å². The lowest BCUT2D eigenvalue weighted by atomic mass is 9.91. The van der Waals surface area contributed by atoms with Gasteiger partial charge >= 0.3 is 5.97 Å². The van der Waals surface area contributed by atoms with E-state index in [1.165, 1.54) is 12.0 Å². The zero-order chi connectivity index (χ0) is 15.2.